The maximum Gasteiger partial charge on any atom is 0.303 e. The Morgan fingerprint density at radius 3 is 2.59 bits per heavy atom. The number of aliphatic hydroxyl groups is 1. The highest BCUT2D eigenvalue weighted by Gasteiger charge is 2.52. The molecule has 0 radical (unpaired) electrons. The van der Waals surface area contributed by atoms with Crippen molar-refractivity contribution in [3.05, 3.63) is 42.0 Å². The molecule has 1 aromatic carbocycles. The van der Waals surface area contributed by atoms with E-state index in [4.69, 9.17) is 9.47 Å². The Morgan fingerprint density at radius 2 is 1.94 bits per heavy atom. The number of likely N-dealkylation sites (N-methyl/N-ethyl adjacent to an activating group) is 1. The van der Waals surface area contributed by atoms with Crippen LogP contribution in [0.1, 0.15) is 47.0 Å². The first-order valence-electron chi connectivity index (χ1n) is 11.6. The molecule has 1 N–H and O–H groups in total. The van der Waals surface area contributed by atoms with Crippen LogP contribution in [0.3, 0.4) is 0 Å². The average molecular weight is 444 g/mol. The van der Waals surface area contributed by atoms with E-state index in [2.05, 4.69) is 19.9 Å². The molecule has 0 saturated heterocycles. The van der Waals surface area contributed by atoms with Gasteiger partial charge in [-0.1, -0.05) is 38.1 Å². The third kappa shape index (κ3) is 5.34. The highest BCUT2D eigenvalue weighted by Crippen LogP contribution is 2.51. The van der Waals surface area contributed by atoms with E-state index < -0.39 is 5.60 Å². The van der Waals surface area contributed by atoms with Crippen LogP contribution in [-0.2, 0) is 14.3 Å². The Bertz CT molecular complexity index is 838. The Morgan fingerprint density at radius 1 is 1.25 bits per heavy atom. The van der Waals surface area contributed by atoms with Crippen molar-refractivity contribution in [3.8, 4) is 5.75 Å². The van der Waals surface area contributed by atoms with Gasteiger partial charge in [0, 0.05) is 32.9 Å². The number of rotatable bonds is 7. The molecule has 0 spiro atoms. The molecule has 0 aromatic heterocycles. The van der Waals surface area contributed by atoms with E-state index in [1.54, 1.807) is 4.90 Å². The van der Waals surface area contributed by atoms with E-state index in [-0.39, 0.29) is 48.3 Å². The molecule has 3 rings (SSSR count). The van der Waals surface area contributed by atoms with Gasteiger partial charge in [0.15, 0.2) is 6.61 Å². The topological polar surface area (TPSA) is 76.1 Å². The highest BCUT2D eigenvalue weighted by molar-refractivity contribution is 5.77. The molecule has 176 valence electrons. The van der Waals surface area contributed by atoms with E-state index in [1.165, 1.54) is 6.92 Å². The van der Waals surface area contributed by atoms with Gasteiger partial charge >= 0.3 is 5.97 Å². The molecule has 2 aliphatic rings. The third-order valence-electron chi connectivity index (χ3n) is 7.42. The molecular weight excluding hydrogens is 406 g/mol. The number of carbonyl (C=O) groups is 2. The van der Waals surface area contributed by atoms with Crippen molar-refractivity contribution in [1.29, 1.82) is 0 Å². The number of hydrogen-bond acceptors (Lipinski definition) is 5. The minimum Gasteiger partial charge on any atom is -0.484 e. The van der Waals surface area contributed by atoms with Gasteiger partial charge in [-0.15, -0.1) is 0 Å². The van der Waals surface area contributed by atoms with Crippen molar-refractivity contribution in [1.82, 2.24) is 4.90 Å². The first kappa shape index (κ1) is 24.3. The molecule has 1 unspecified atom stereocenters. The second kappa shape index (κ2) is 10.1. The quantitative estimate of drug-likeness (QED) is 0.512. The number of hydrogen-bond donors (Lipinski definition) is 1. The zero-order chi connectivity index (χ0) is 23.5. The fraction of sp³-hybridized carbons (Fsp3) is 0.615. The van der Waals surface area contributed by atoms with Crippen LogP contribution in [0.4, 0.5) is 0 Å². The summed E-state index contributed by atoms with van der Waals surface area (Å²) in [7, 11) is 1.81. The number of carbonyl (C=O) groups excluding carboxylic acids is 2. The van der Waals surface area contributed by atoms with Crippen LogP contribution in [0.15, 0.2) is 42.0 Å². The second-order valence-corrected chi connectivity index (χ2v) is 9.73. The number of nitrogens with zero attached hydrogens (tertiary/aromatic N) is 1. The van der Waals surface area contributed by atoms with Crippen molar-refractivity contribution in [2.24, 2.45) is 23.7 Å². The lowest BCUT2D eigenvalue weighted by Gasteiger charge is -2.53. The van der Waals surface area contributed by atoms with Gasteiger partial charge in [0.1, 0.15) is 11.9 Å². The van der Waals surface area contributed by atoms with Crippen molar-refractivity contribution in [2.45, 2.75) is 58.7 Å². The van der Waals surface area contributed by atoms with Crippen LogP contribution in [0, 0.1) is 23.7 Å². The standard InChI is InChI=1S/C26H37NO5/c1-17-13-23-22(12-11-19(3)26(23,30)14-24(17)32-20(4)28)18(2)15-27(5)25(29)16-31-21-9-7-6-8-10-21/h6-10,13,18-19,22-24,30H,11-12,14-16H2,1-5H3/t18?,19-,22+,23-,24-,26-/m1/s1. The molecule has 1 saturated carbocycles. The van der Waals surface area contributed by atoms with Crippen LogP contribution in [0.2, 0.25) is 0 Å². The molecular formula is C26H37NO5. The van der Waals surface area contributed by atoms with E-state index in [1.807, 2.05) is 44.3 Å². The minimum atomic E-state index is -0.907. The molecule has 0 bridgehead atoms. The normalized spacial score (nSPS) is 30.5. The Kier molecular flexibility index (Phi) is 7.65. The van der Waals surface area contributed by atoms with Crippen LogP contribution >= 0.6 is 0 Å². The molecule has 6 nitrogen and oxygen atoms in total. The molecule has 6 heteroatoms. The van der Waals surface area contributed by atoms with Gasteiger partial charge in [-0.3, -0.25) is 9.59 Å². The van der Waals surface area contributed by atoms with Crippen molar-refractivity contribution >= 4 is 11.9 Å². The fourth-order valence-electron chi connectivity index (χ4n) is 5.44. The lowest BCUT2D eigenvalue weighted by molar-refractivity contribution is -0.159. The molecule has 0 aliphatic heterocycles. The molecule has 1 amide bonds. The summed E-state index contributed by atoms with van der Waals surface area (Å²) in [5.41, 5.74) is 0.0948. The van der Waals surface area contributed by atoms with E-state index in [0.717, 1.165) is 18.4 Å². The maximum absolute atomic E-state index is 12.6. The van der Waals surface area contributed by atoms with Crippen LogP contribution in [-0.4, -0.2) is 53.8 Å². The fourth-order valence-corrected chi connectivity index (χ4v) is 5.44. The second-order valence-electron chi connectivity index (χ2n) is 9.73. The van der Waals surface area contributed by atoms with Gasteiger partial charge in [0.25, 0.3) is 5.91 Å². The number of amides is 1. The first-order chi connectivity index (χ1) is 15.1. The summed E-state index contributed by atoms with van der Waals surface area (Å²) in [5, 5.41) is 11.7. The minimum absolute atomic E-state index is 0.00533. The van der Waals surface area contributed by atoms with Gasteiger partial charge in [0.05, 0.1) is 5.60 Å². The third-order valence-corrected chi connectivity index (χ3v) is 7.42. The summed E-state index contributed by atoms with van der Waals surface area (Å²) < 4.78 is 11.1. The molecule has 2 aliphatic carbocycles. The van der Waals surface area contributed by atoms with Crippen LogP contribution < -0.4 is 4.74 Å². The number of para-hydroxylation sites is 1. The van der Waals surface area contributed by atoms with Gasteiger partial charge in [-0.25, -0.2) is 0 Å². The summed E-state index contributed by atoms with van der Waals surface area (Å²) in [6, 6.07) is 9.33. The van der Waals surface area contributed by atoms with Gasteiger partial charge in [-0.05, 0) is 55.2 Å². The predicted octanol–water partition coefficient (Wildman–Crippen LogP) is 3.84. The van der Waals surface area contributed by atoms with Gasteiger partial charge in [0.2, 0.25) is 0 Å². The summed E-state index contributed by atoms with van der Waals surface area (Å²) in [4.78, 5) is 25.9. The monoisotopic (exact) mass is 443 g/mol. The van der Waals surface area contributed by atoms with Gasteiger partial charge < -0.3 is 19.5 Å². The zero-order valence-corrected chi connectivity index (χ0v) is 19.9. The SMILES string of the molecule is CC(=O)O[C@@H]1C[C@@]2(O)[C@H](C)CC[C@@H](C(C)CN(C)C(=O)COc3ccccc3)[C@H]2C=C1C. The van der Waals surface area contributed by atoms with Crippen molar-refractivity contribution < 1.29 is 24.2 Å². The molecule has 6 atom stereocenters. The van der Waals surface area contributed by atoms with Crippen LogP contribution in [0.25, 0.3) is 0 Å². The van der Waals surface area contributed by atoms with E-state index in [9.17, 15) is 14.7 Å². The molecule has 0 heterocycles. The average Bonchev–Trinajstić information content (AvgIpc) is 2.74. The number of esters is 1. The Hall–Kier alpha value is -2.34. The number of benzene rings is 1. The number of fused-ring (bicyclic) bond motifs is 1. The molecule has 32 heavy (non-hydrogen) atoms. The summed E-state index contributed by atoms with van der Waals surface area (Å²) >= 11 is 0. The summed E-state index contributed by atoms with van der Waals surface area (Å²) in [5.74, 6) is 0.850. The van der Waals surface area contributed by atoms with E-state index >= 15 is 0 Å². The van der Waals surface area contributed by atoms with Crippen molar-refractivity contribution in [2.75, 3.05) is 20.2 Å². The Labute approximate surface area is 191 Å². The maximum atomic E-state index is 12.6. The zero-order valence-electron chi connectivity index (χ0n) is 19.9. The van der Waals surface area contributed by atoms with Gasteiger partial charge in [-0.2, -0.15) is 0 Å². The Balaban J connectivity index is 1.66. The lowest BCUT2D eigenvalue weighted by atomic mass is 9.57. The predicted molar refractivity (Wildman–Crippen MR) is 123 cm³/mol. The smallest absolute Gasteiger partial charge is 0.303 e. The highest BCUT2D eigenvalue weighted by atomic mass is 16.5. The van der Waals surface area contributed by atoms with Crippen molar-refractivity contribution in [3.63, 3.8) is 0 Å². The lowest BCUT2D eigenvalue weighted by Crippen LogP contribution is -2.56. The van der Waals surface area contributed by atoms with Crippen LogP contribution in [0.5, 0.6) is 5.75 Å². The molecule has 1 aromatic rings. The summed E-state index contributed by atoms with van der Waals surface area (Å²) in [6.07, 6.45) is 4.10. The largest absolute Gasteiger partial charge is 0.484 e. The summed E-state index contributed by atoms with van der Waals surface area (Å²) in [6.45, 7) is 8.24. The first-order valence-corrected chi connectivity index (χ1v) is 11.6. The van der Waals surface area contributed by atoms with E-state index in [0.29, 0.717) is 18.7 Å². The number of ether oxygens (including phenoxy) is 2. The molecule has 1 fully saturated rings.